The molecule has 1 spiro atoms. The van der Waals surface area contributed by atoms with Gasteiger partial charge in [0.15, 0.2) is 5.78 Å². The minimum atomic E-state index is -0.522. The summed E-state index contributed by atoms with van der Waals surface area (Å²) < 4.78 is 0. The summed E-state index contributed by atoms with van der Waals surface area (Å²) in [5.41, 5.74) is 7.78. The lowest BCUT2D eigenvalue weighted by Gasteiger charge is -2.45. The summed E-state index contributed by atoms with van der Waals surface area (Å²) in [4.78, 5) is 31.7. The van der Waals surface area contributed by atoms with Crippen molar-refractivity contribution in [1.29, 1.82) is 0 Å². The van der Waals surface area contributed by atoms with Crippen molar-refractivity contribution in [2.75, 3.05) is 18.8 Å². The first kappa shape index (κ1) is 20.9. The van der Waals surface area contributed by atoms with Crippen molar-refractivity contribution < 1.29 is 9.59 Å². The molecule has 3 aliphatic rings. The minimum Gasteiger partial charge on any atom is -0.384 e. The highest BCUT2D eigenvalue weighted by atomic mass is 16.2. The van der Waals surface area contributed by atoms with Gasteiger partial charge >= 0.3 is 0 Å². The third-order valence-corrected chi connectivity index (χ3v) is 7.07. The summed E-state index contributed by atoms with van der Waals surface area (Å²) in [5.74, 6) is 0.378. The van der Waals surface area contributed by atoms with Gasteiger partial charge in [0.2, 0.25) is 0 Å². The first-order chi connectivity index (χ1) is 15.2. The predicted molar refractivity (Wildman–Crippen MR) is 125 cm³/mol. The molecule has 1 atom stereocenters. The summed E-state index contributed by atoms with van der Waals surface area (Å²) in [5, 5.41) is 7.97. The number of hydrogen-bond acceptors (Lipinski definition) is 6. The van der Waals surface area contributed by atoms with Gasteiger partial charge in [-0.15, -0.1) is 0 Å². The number of amides is 1. The van der Waals surface area contributed by atoms with Crippen LogP contribution in [0.1, 0.15) is 56.8 Å². The Labute approximate surface area is 188 Å². The van der Waals surface area contributed by atoms with Gasteiger partial charge in [0.1, 0.15) is 11.9 Å². The fourth-order valence-electron chi connectivity index (χ4n) is 5.46. The Kier molecular flexibility index (Phi) is 4.78. The van der Waals surface area contributed by atoms with Crippen molar-refractivity contribution in [3.8, 4) is 0 Å². The van der Waals surface area contributed by atoms with Gasteiger partial charge in [-0.2, -0.15) is 0 Å². The van der Waals surface area contributed by atoms with Crippen molar-refractivity contribution in [3.05, 3.63) is 47.7 Å². The molecule has 1 saturated heterocycles. The Balaban J connectivity index is 1.53. The maximum atomic E-state index is 13.8. The van der Waals surface area contributed by atoms with E-state index in [0.29, 0.717) is 23.3 Å². The average Bonchev–Trinajstić information content (AvgIpc) is 3.13. The van der Waals surface area contributed by atoms with E-state index in [4.69, 9.17) is 5.73 Å². The molecule has 2 aliphatic heterocycles. The lowest BCUT2D eigenvalue weighted by atomic mass is 9.65. The topological polar surface area (TPSA) is 91.6 Å². The van der Waals surface area contributed by atoms with Crippen LogP contribution in [-0.4, -0.2) is 51.4 Å². The van der Waals surface area contributed by atoms with E-state index >= 15 is 0 Å². The number of rotatable bonds is 1. The maximum Gasteiger partial charge on any atom is 0.273 e. The third kappa shape index (κ3) is 3.45. The van der Waals surface area contributed by atoms with E-state index in [-0.39, 0.29) is 22.6 Å². The molecule has 2 fully saturated rings. The highest BCUT2D eigenvalue weighted by Gasteiger charge is 2.52. The first-order valence-corrected chi connectivity index (χ1v) is 11.4. The SMILES string of the molecule is CC(C)(C)N1C=C2CC3(CCNCC3)CC(=O)C2N1C(=O)c1ccc2ccc(N)nc2c1. The van der Waals surface area contributed by atoms with E-state index in [1.807, 2.05) is 23.2 Å². The number of carbonyl (C=O) groups excluding carboxylic acids is 2. The molecular formula is C25H31N5O2. The fourth-order valence-corrected chi connectivity index (χ4v) is 5.46. The molecule has 1 aliphatic carbocycles. The lowest BCUT2D eigenvalue weighted by molar-refractivity contribution is -0.132. The van der Waals surface area contributed by atoms with Crippen LogP contribution >= 0.6 is 0 Å². The zero-order valence-electron chi connectivity index (χ0n) is 19.0. The molecule has 1 unspecified atom stereocenters. The van der Waals surface area contributed by atoms with E-state index in [1.165, 1.54) is 0 Å². The number of carbonyl (C=O) groups is 2. The van der Waals surface area contributed by atoms with Gasteiger partial charge in [-0.05, 0) is 88.4 Å². The normalized spacial score (nSPS) is 22.9. The monoisotopic (exact) mass is 433 g/mol. The number of hydrogen-bond donors (Lipinski definition) is 2. The number of anilines is 1. The van der Waals surface area contributed by atoms with Crippen LogP contribution in [0.4, 0.5) is 5.82 Å². The number of benzene rings is 1. The van der Waals surface area contributed by atoms with Gasteiger partial charge in [-0.1, -0.05) is 6.07 Å². The number of Topliss-reactive ketones (excluding diaryl/α,β-unsaturated/α-hetero) is 1. The second-order valence-corrected chi connectivity index (χ2v) is 10.5. The molecule has 7 heteroatoms. The summed E-state index contributed by atoms with van der Waals surface area (Å²) >= 11 is 0. The Morgan fingerprint density at radius 3 is 2.59 bits per heavy atom. The average molecular weight is 434 g/mol. The molecule has 0 bridgehead atoms. The minimum absolute atomic E-state index is 0.0255. The number of piperidine rings is 1. The molecule has 32 heavy (non-hydrogen) atoms. The standard InChI is InChI=1S/C25H31N5O2/c1-24(2,3)29-15-18-13-25(8-10-27-11-9-25)14-20(31)22(18)30(29)23(32)17-5-4-16-6-7-21(26)28-19(16)12-17/h4-7,12,15,22,27H,8-11,13-14H2,1-3H3,(H2,26,28). The zero-order chi connectivity index (χ0) is 22.7. The quantitative estimate of drug-likeness (QED) is 0.717. The number of pyridine rings is 1. The third-order valence-electron chi connectivity index (χ3n) is 7.07. The predicted octanol–water partition coefficient (Wildman–Crippen LogP) is 3.27. The fraction of sp³-hybridized carbons (Fsp3) is 0.480. The number of nitrogens with one attached hydrogen (secondary N) is 1. The van der Waals surface area contributed by atoms with Gasteiger partial charge < -0.3 is 11.1 Å². The second kappa shape index (κ2) is 7.30. The Morgan fingerprint density at radius 2 is 1.88 bits per heavy atom. The van der Waals surface area contributed by atoms with Gasteiger partial charge in [0.05, 0.1) is 11.1 Å². The molecule has 2 aromatic rings. The maximum absolute atomic E-state index is 13.8. The van der Waals surface area contributed by atoms with E-state index in [0.717, 1.165) is 43.3 Å². The van der Waals surface area contributed by atoms with E-state index < -0.39 is 6.04 Å². The van der Waals surface area contributed by atoms with Crippen molar-refractivity contribution in [1.82, 2.24) is 20.3 Å². The highest BCUT2D eigenvalue weighted by molar-refractivity contribution is 6.02. The van der Waals surface area contributed by atoms with E-state index in [2.05, 4.69) is 37.3 Å². The molecule has 168 valence electrons. The molecule has 3 heterocycles. The molecule has 1 aromatic carbocycles. The van der Waals surface area contributed by atoms with E-state index in [1.54, 1.807) is 17.1 Å². The number of ketones is 1. The number of hydrazine groups is 1. The molecular weight excluding hydrogens is 402 g/mol. The van der Waals surface area contributed by atoms with Crippen LogP contribution in [0, 0.1) is 5.41 Å². The van der Waals surface area contributed by atoms with Gasteiger partial charge in [0.25, 0.3) is 5.91 Å². The summed E-state index contributed by atoms with van der Waals surface area (Å²) in [7, 11) is 0. The van der Waals surface area contributed by atoms with Crippen LogP contribution in [0.5, 0.6) is 0 Å². The molecule has 1 saturated carbocycles. The first-order valence-electron chi connectivity index (χ1n) is 11.4. The van der Waals surface area contributed by atoms with Crippen molar-refractivity contribution in [2.45, 2.75) is 58.0 Å². The van der Waals surface area contributed by atoms with E-state index in [9.17, 15) is 9.59 Å². The molecule has 7 nitrogen and oxygen atoms in total. The van der Waals surface area contributed by atoms with Crippen LogP contribution in [0.25, 0.3) is 10.9 Å². The van der Waals surface area contributed by atoms with Crippen LogP contribution in [0.2, 0.25) is 0 Å². The molecule has 1 aromatic heterocycles. The second-order valence-electron chi connectivity index (χ2n) is 10.5. The Bertz CT molecular complexity index is 1130. The van der Waals surface area contributed by atoms with Crippen LogP contribution in [0.15, 0.2) is 42.1 Å². The zero-order valence-corrected chi connectivity index (χ0v) is 19.0. The molecule has 1 amide bonds. The summed E-state index contributed by atoms with van der Waals surface area (Å²) in [6.45, 7) is 8.09. The number of fused-ring (bicyclic) bond motifs is 2. The number of nitrogens with zero attached hydrogens (tertiary/aromatic N) is 3. The van der Waals surface area contributed by atoms with Gasteiger partial charge in [-0.3, -0.25) is 14.6 Å². The number of nitrogens with two attached hydrogens (primary N) is 1. The van der Waals surface area contributed by atoms with Crippen molar-refractivity contribution in [2.24, 2.45) is 5.41 Å². The summed E-state index contributed by atoms with van der Waals surface area (Å²) in [6.07, 6.45) is 5.47. The Morgan fingerprint density at radius 1 is 1.16 bits per heavy atom. The smallest absolute Gasteiger partial charge is 0.273 e. The number of nitrogen functional groups attached to an aromatic ring is 1. The summed E-state index contributed by atoms with van der Waals surface area (Å²) in [6, 6.07) is 8.59. The molecule has 5 rings (SSSR count). The Hall–Kier alpha value is -2.93. The van der Waals surface area contributed by atoms with Crippen LogP contribution < -0.4 is 11.1 Å². The lowest BCUT2D eigenvalue weighted by Crippen LogP contribution is -2.57. The van der Waals surface area contributed by atoms with Crippen LogP contribution in [-0.2, 0) is 4.79 Å². The highest BCUT2D eigenvalue weighted by Crippen LogP contribution is 2.48. The number of aromatic nitrogens is 1. The van der Waals surface area contributed by atoms with Crippen molar-refractivity contribution >= 4 is 28.4 Å². The van der Waals surface area contributed by atoms with Gasteiger partial charge in [-0.25, -0.2) is 9.99 Å². The van der Waals surface area contributed by atoms with Crippen LogP contribution in [0.3, 0.4) is 0 Å². The van der Waals surface area contributed by atoms with Crippen molar-refractivity contribution in [3.63, 3.8) is 0 Å². The molecule has 3 N–H and O–H groups in total. The largest absolute Gasteiger partial charge is 0.384 e. The molecule has 0 radical (unpaired) electrons. The van der Waals surface area contributed by atoms with Gasteiger partial charge in [0, 0.05) is 23.6 Å².